The predicted molar refractivity (Wildman–Crippen MR) is 150 cm³/mol. The third-order valence-electron chi connectivity index (χ3n) is 13.5. The van der Waals surface area contributed by atoms with Gasteiger partial charge in [0, 0.05) is 24.7 Å². The molecule has 8 aliphatic heterocycles. The number of ether oxygens (including phenoxy) is 4. The van der Waals surface area contributed by atoms with E-state index in [-0.39, 0.29) is 35.9 Å². The Bertz CT molecular complexity index is 1180. The Morgan fingerprint density at radius 2 is 1.00 bits per heavy atom. The fraction of sp³-hybridized carbons (Fsp3) is 0.882. The second-order valence-electron chi connectivity index (χ2n) is 15.9. The molecule has 11 rings (SSSR count). The first kappa shape index (κ1) is 28.2. The molecule has 2 unspecified atom stereocenters. The highest BCUT2D eigenvalue weighted by Crippen LogP contribution is 2.64. The van der Waals surface area contributed by atoms with Crippen molar-refractivity contribution in [1.82, 2.24) is 0 Å². The van der Waals surface area contributed by atoms with E-state index in [4.69, 9.17) is 42.9 Å². The van der Waals surface area contributed by atoms with E-state index < -0.39 is 35.4 Å². The van der Waals surface area contributed by atoms with Crippen LogP contribution in [0.3, 0.4) is 0 Å². The van der Waals surface area contributed by atoms with Crippen molar-refractivity contribution in [2.75, 3.05) is 0 Å². The molecule has 4 bridgehead atoms. The van der Waals surface area contributed by atoms with Crippen LogP contribution in [0.15, 0.2) is 16.5 Å². The van der Waals surface area contributed by atoms with Crippen molar-refractivity contribution in [3.8, 4) is 0 Å². The van der Waals surface area contributed by atoms with Gasteiger partial charge in [-0.15, -0.1) is 0 Å². The molecule has 0 amide bonds. The SMILES string of the molecule is C[C@@H]1CC[C@H]2[C@@H](C)C(c3ccc(C4O[C@@H]5O[C@@]6(C)CC[C@H]7[C@H](C)CC[C@@H]([C@H]4C)[C@@]57OO6)o3)O[C@@H]3O[C@@]4(C)CC[C@@H]1[C@]32OO4. The molecule has 2 saturated carbocycles. The average Bonchev–Trinajstić information content (AvgIpc) is 3.20. The quantitative estimate of drug-likeness (QED) is 0.329. The summed E-state index contributed by atoms with van der Waals surface area (Å²) in [6.07, 6.45) is 6.60. The lowest BCUT2D eigenvalue weighted by Crippen LogP contribution is -2.69. The summed E-state index contributed by atoms with van der Waals surface area (Å²) < 4.78 is 33.7. The molecule has 9 heterocycles. The van der Waals surface area contributed by atoms with Crippen LogP contribution in [0.5, 0.6) is 0 Å². The number of rotatable bonds is 2. The zero-order chi connectivity index (χ0) is 29.5. The highest BCUT2D eigenvalue weighted by Gasteiger charge is 2.71. The first-order chi connectivity index (χ1) is 20.6. The van der Waals surface area contributed by atoms with E-state index in [1.807, 2.05) is 13.8 Å². The van der Waals surface area contributed by atoms with E-state index in [0.29, 0.717) is 23.7 Å². The predicted octanol–water partition coefficient (Wildman–Crippen LogP) is 7.13. The van der Waals surface area contributed by atoms with Gasteiger partial charge in [-0.05, 0) is 100 Å². The summed E-state index contributed by atoms with van der Waals surface area (Å²) >= 11 is 0. The van der Waals surface area contributed by atoms with Crippen molar-refractivity contribution in [2.45, 2.75) is 140 Å². The van der Waals surface area contributed by atoms with Crippen LogP contribution in [-0.4, -0.2) is 35.4 Å². The van der Waals surface area contributed by atoms with Gasteiger partial charge in [-0.1, -0.05) is 27.7 Å². The Hall–Kier alpha value is -1.04. The normalized spacial score (nSPS) is 58.7. The van der Waals surface area contributed by atoms with Gasteiger partial charge in [-0.3, -0.25) is 0 Å². The maximum absolute atomic E-state index is 6.88. The van der Waals surface area contributed by atoms with E-state index >= 15 is 0 Å². The smallest absolute Gasteiger partial charge is 0.201 e. The third-order valence-corrected chi connectivity index (χ3v) is 13.5. The van der Waals surface area contributed by atoms with Crippen LogP contribution in [-0.2, 0) is 38.5 Å². The third kappa shape index (κ3) is 3.68. The summed E-state index contributed by atoms with van der Waals surface area (Å²) in [6.45, 7) is 13.2. The van der Waals surface area contributed by atoms with Crippen LogP contribution in [0, 0.1) is 47.3 Å². The van der Waals surface area contributed by atoms with Crippen LogP contribution >= 0.6 is 0 Å². The van der Waals surface area contributed by atoms with Gasteiger partial charge in [0.1, 0.15) is 23.7 Å². The summed E-state index contributed by atoms with van der Waals surface area (Å²) in [7, 11) is 0. The van der Waals surface area contributed by atoms with Crippen molar-refractivity contribution >= 4 is 0 Å². The number of hydrogen-bond acceptors (Lipinski definition) is 9. The van der Waals surface area contributed by atoms with Crippen LogP contribution in [0.25, 0.3) is 0 Å². The minimum absolute atomic E-state index is 0.167. The molecule has 16 atom stereocenters. The summed E-state index contributed by atoms with van der Waals surface area (Å²) in [5.74, 6) is 2.61. The first-order valence-corrected chi connectivity index (χ1v) is 17.1. The largest absolute Gasteiger partial charge is 0.461 e. The molecule has 2 aliphatic carbocycles. The molecule has 0 N–H and O–H groups in total. The maximum atomic E-state index is 6.88. The summed E-state index contributed by atoms with van der Waals surface area (Å²) in [4.78, 5) is 24.7. The van der Waals surface area contributed by atoms with E-state index in [2.05, 4.69) is 39.8 Å². The number of furan rings is 1. The van der Waals surface area contributed by atoms with Crippen molar-refractivity contribution in [2.24, 2.45) is 47.3 Å². The zero-order valence-electron chi connectivity index (χ0n) is 26.4. The van der Waals surface area contributed by atoms with Gasteiger partial charge in [-0.2, -0.15) is 0 Å². The number of hydrogen-bond donors (Lipinski definition) is 0. The molecule has 43 heavy (non-hydrogen) atoms. The zero-order valence-corrected chi connectivity index (χ0v) is 26.4. The second kappa shape index (κ2) is 9.28. The van der Waals surface area contributed by atoms with Gasteiger partial charge in [-0.25, -0.2) is 19.6 Å². The summed E-state index contributed by atoms with van der Waals surface area (Å²) in [5.41, 5.74) is -1.17. The monoisotopic (exact) mass is 600 g/mol. The Morgan fingerprint density at radius 1 is 0.558 bits per heavy atom. The molecule has 2 spiro atoms. The standard InChI is InChI=1S/C34H48O9/c1-17-7-9-23-19(3)27(36-29-33(23)21(17)13-15-31(5,38-29)40-42-33)25-11-12-26(35-25)28-20(4)24-10-8-18(2)22-14-16-32(6)39-30(37-28)34(22,24)43-41-32/h11-12,17-24,27-30H,7-10,13-16H2,1-6H3/t17-,18-,19-,20-,21+,22+,23+,24+,27?,28?,29-,30-,31-,32-,33-,34-/m1/s1. The molecule has 9 heteroatoms. The van der Waals surface area contributed by atoms with Crippen molar-refractivity contribution in [1.29, 1.82) is 0 Å². The summed E-state index contributed by atoms with van der Waals surface area (Å²) in [6, 6.07) is 4.16. The van der Waals surface area contributed by atoms with Gasteiger partial charge in [0.15, 0.2) is 23.8 Å². The lowest BCUT2D eigenvalue weighted by molar-refractivity contribution is -0.572. The molecule has 1 aromatic rings. The average molecular weight is 601 g/mol. The van der Waals surface area contributed by atoms with E-state index in [9.17, 15) is 0 Å². The topological polar surface area (TPSA) is 87.0 Å². The molecule has 1 aromatic heterocycles. The molecular formula is C34H48O9. The minimum atomic E-state index is -0.797. The van der Waals surface area contributed by atoms with Crippen LogP contribution < -0.4 is 0 Å². The lowest BCUT2D eigenvalue weighted by atomic mass is 9.57. The van der Waals surface area contributed by atoms with E-state index in [1.54, 1.807) is 0 Å². The first-order valence-electron chi connectivity index (χ1n) is 17.1. The molecule has 10 aliphatic rings. The Balaban J connectivity index is 1.03. The molecule has 8 saturated heterocycles. The lowest BCUT2D eigenvalue weighted by Gasteiger charge is -2.60. The van der Waals surface area contributed by atoms with E-state index in [1.165, 1.54) is 12.8 Å². The Labute approximate surface area is 254 Å². The Morgan fingerprint density at radius 3 is 1.44 bits per heavy atom. The molecule has 9 nitrogen and oxygen atoms in total. The fourth-order valence-corrected chi connectivity index (χ4v) is 11.1. The van der Waals surface area contributed by atoms with Crippen LogP contribution in [0.4, 0.5) is 0 Å². The molecule has 238 valence electrons. The van der Waals surface area contributed by atoms with Crippen LogP contribution in [0.1, 0.15) is 117 Å². The minimum Gasteiger partial charge on any atom is -0.461 e. The number of fused-ring (bicyclic) bond motifs is 4. The maximum Gasteiger partial charge on any atom is 0.201 e. The molecule has 10 fully saturated rings. The van der Waals surface area contributed by atoms with Crippen molar-refractivity contribution < 1.29 is 42.9 Å². The van der Waals surface area contributed by atoms with Gasteiger partial charge >= 0.3 is 0 Å². The van der Waals surface area contributed by atoms with Gasteiger partial charge in [0.25, 0.3) is 0 Å². The van der Waals surface area contributed by atoms with Crippen LogP contribution in [0.2, 0.25) is 0 Å². The van der Waals surface area contributed by atoms with Gasteiger partial charge in [0.2, 0.25) is 11.6 Å². The van der Waals surface area contributed by atoms with E-state index in [0.717, 1.165) is 50.0 Å². The van der Waals surface area contributed by atoms with Gasteiger partial charge < -0.3 is 23.4 Å². The second-order valence-corrected chi connectivity index (χ2v) is 15.9. The van der Waals surface area contributed by atoms with Gasteiger partial charge in [0.05, 0.1) is 0 Å². The molecular weight excluding hydrogens is 552 g/mol. The highest BCUT2D eigenvalue weighted by molar-refractivity contribution is 5.20. The Kier molecular flexibility index (Phi) is 6.09. The summed E-state index contributed by atoms with van der Waals surface area (Å²) in [5, 5.41) is 0. The van der Waals surface area contributed by atoms with Crippen molar-refractivity contribution in [3.63, 3.8) is 0 Å². The van der Waals surface area contributed by atoms with Crippen molar-refractivity contribution in [3.05, 3.63) is 23.7 Å². The highest BCUT2D eigenvalue weighted by atomic mass is 17.3. The molecule has 0 aromatic carbocycles. The fourth-order valence-electron chi connectivity index (χ4n) is 11.1. The molecule has 0 radical (unpaired) electrons.